The van der Waals surface area contributed by atoms with Gasteiger partial charge in [-0.3, -0.25) is 4.79 Å². The summed E-state index contributed by atoms with van der Waals surface area (Å²) in [5, 5.41) is 5.38. The molecule has 1 aromatic rings. The zero-order chi connectivity index (χ0) is 16.9. The van der Waals surface area contributed by atoms with E-state index in [-0.39, 0.29) is 18.0 Å². The molecule has 24 heavy (non-hydrogen) atoms. The number of fused-ring (bicyclic) bond motifs is 2. The quantitative estimate of drug-likeness (QED) is 0.838. The predicted molar refractivity (Wildman–Crippen MR) is 92.4 cm³/mol. The van der Waals surface area contributed by atoms with E-state index in [2.05, 4.69) is 17.2 Å². The van der Waals surface area contributed by atoms with Gasteiger partial charge in [0.25, 0.3) is 5.91 Å². The summed E-state index contributed by atoms with van der Waals surface area (Å²) in [6.07, 6.45) is 5.71. The first-order valence-electron chi connectivity index (χ1n) is 8.42. The zero-order valence-corrected chi connectivity index (χ0v) is 13.7. The lowest BCUT2D eigenvalue weighted by Gasteiger charge is -2.37. The van der Waals surface area contributed by atoms with Gasteiger partial charge in [-0.2, -0.15) is 0 Å². The molecule has 0 spiro atoms. The van der Waals surface area contributed by atoms with E-state index < -0.39 is 0 Å². The Morgan fingerprint density at radius 3 is 3.08 bits per heavy atom. The lowest BCUT2D eigenvalue weighted by Crippen LogP contribution is -2.45. The molecular weight excluding hydrogens is 306 g/mol. The van der Waals surface area contributed by atoms with Crippen LogP contribution in [-0.2, 0) is 0 Å². The average molecular weight is 329 g/mol. The number of urea groups is 1. The van der Waals surface area contributed by atoms with Crippen LogP contribution in [0.2, 0.25) is 0 Å². The monoisotopic (exact) mass is 329 g/mol. The normalized spacial score (nSPS) is 19.9. The van der Waals surface area contributed by atoms with Gasteiger partial charge in [-0.15, -0.1) is 6.58 Å². The molecule has 1 aromatic carbocycles. The Kier molecular flexibility index (Phi) is 5.03. The minimum Gasteiger partial charge on any atom is -0.493 e. The van der Waals surface area contributed by atoms with Crippen molar-refractivity contribution in [2.75, 3.05) is 25.0 Å². The van der Waals surface area contributed by atoms with E-state index in [0.29, 0.717) is 30.2 Å². The average Bonchev–Trinajstić information content (AvgIpc) is 2.59. The summed E-state index contributed by atoms with van der Waals surface area (Å²) in [5.74, 6) is 0.575. The first kappa shape index (κ1) is 16.4. The molecule has 3 rings (SSSR count). The Morgan fingerprint density at radius 2 is 2.25 bits per heavy atom. The third kappa shape index (κ3) is 3.53. The molecule has 2 N–H and O–H groups in total. The fraction of sp³-hybridized carbons (Fsp3) is 0.444. The van der Waals surface area contributed by atoms with Crippen LogP contribution in [0.3, 0.4) is 0 Å². The molecule has 3 amide bonds. The van der Waals surface area contributed by atoms with Gasteiger partial charge in [0, 0.05) is 31.2 Å². The number of rotatable bonds is 3. The van der Waals surface area contributed by atoms with Crippen LogP contribution in [0.1, 0.15) is 36.0 Å². The molecule has 1 unspecified atom stereocenters. The van der Waals surface area contributed by atoms with E-state index >= 15 is 0 Å². The summed E-state index contributed by atoms with van der Waals surface area (Å²) in [6, 6.07) is 5.12. The van der Waals surface area contributed by atoms with Crippen LogP contribution in [-0.4, -0.2) is 42.6 Å². The van der Waals surface area contributed by atoms with E-state index in [1.54, 1.807) is 24.3 Å². The SMILES string of the molecule is C=CCNC(=O)Nc1ccc2c(c1)C(=O)N1CCCCC1CCO2. The van der Waals surface area contributed by atoms with Gasteiger partial charge in [-0.25, -0.2) is 4.79 Å². The standard InChI is InChI=1S/C18H23N3O3/c1-2-9-19-18(23)20-13-6-7-16-15(12-13)17(22)21-10-4-3-5-14(21)8-11-24-16/h2,6-7,12,14H,1,3-5,8-11H2,(H2,19,20,23). The minimum atomic E-state index is -0.329. The van der Waals surface area contributed by atoms with Crippen LogP contribution in [0.25, 0.3) is 0 Å². The van der Waals surface area contributed by atoms with Crippen molar-refractivity contribution in [3.05, 3.63) is 36.4 Å². The van der Waals surface area contributed by atoms with Crippen molar-refractivity contribution in [2.45, 2.75) is 31.7 Å². The third-order valence-corrected chi connectivity index (χ3v) is 4.47. The van der Waals surface area contributed by atoms with Crippen molar-refractivity contribution >= 4 is 17.6 Å². The topological polar surface area (TPSA) is 70.7 Å². The molecule has 0 aliphatic carbocycles. The summed E-state index contributed by atoms with van der Waals surface area (Å²) in [5.41, 5.74) is 1.09. The second kappa shape index (κ2) is 7.38. The van der Waals surface area contributed by atoms with E-state index in [1.165, 1.54) is 0 Å². The molecule has 0 aromatic heterocycles. The second-order valence-corrected chi connectivity index (χ2v) is 6.12. The Balaban J connectivity index is 1.82. The summed E-state index contributed by atoms with van der Waals surface area (Å²) in [4.78, 5) is 26.7. The first-order valence-corrected chi connectivity index (χ1v) is 8.42. The molecule has 0 radical (unpaired) electrons. The molecule has 1 atom stereocenters. The van der Waals surface area contributed by atoms with Gasteiger partial charge in [0.2, 0.25) is 0 Å². The highest BCUT2D eigenvalue weighted by Gasteiger charge is 2.31. The Morgan fingerprint density at radius 1 is 1.38 bits per heavy atom. The van der Waals surface area contributed by atoms with E-state index in [9.17, 15) is 9.59 Å². The number of ether oxygens (including phenoxy) is 1. The summed E-state index contributed by atoms with van der Waals surface area (Å²) >= 11 is 0. The summed E-state index contributed by atoms with van der Waals surface area (Å²) in [6.45, 7) is 5.34. The lowest BCUT2D eigenvalue weighted by atomic mass is 9.97. The number of benzene rings is 1. The van der Waals surface area contributed by atoms with Gasteiger partial charge in [-0.05, 0) is 37.5 Å². The number of piperidine rings is 1. The van der Waals surface area contributed by atoms with Crippen molar-refractivity contribution in [3.63, 3.8) is 0 Å². The largest absolute Gasteiger partial charge is 0.493 e. The third-order valence-electron chi connectivity index (χ3n) is 4.47. The maximum Gasteiger partial charge on any atom is 0.319 e. The molecular formula is C18H23N3O3. The fourth-order valence-corrected chi connectivity index (χ4v) is 3.27. The molecule has 6 heteroatoms. The zero-order valence-electron chi connectivity index (χ0n) is 13.7. The van der Waals surface area contributed by atoms with Gasteiger partial charge in [0.15, 0.2) is 0 Å². The molecule has 6 nitrogen and oxygen atoms in total. The smallest absolute Gasteiger partial charge is 0.319 e. The van der Waals surface area contributed by atoms with Crippen LogP contribution >= 0.6 is 0 Å². The van der Waals surface area contributed by atoms with Crippen molar-refractivity contribution in [1.29, 1.82) is 0 Å². The number of nitrogens with zero attached hydrogens (tertiary/aromatic N) is 1. The van der Waals surface area contributed by atoms with Crippen LogP contribution < -0.4 is 15.4 Å². The van der Waals surface area contributed by atoms with Gasteiger partial charge in [0.05, 0.1) is 12.2 Å². The Bertz CT molecular complexity index is 644. The number of carbonyl (C=O) groups excluding carboxylic acids is 2. The van der Waals surface area contributed by atoms with Crippen molar-refractivity contribution in [2.24, 2.45) is 0 Å². The van der Waals surface area contributed by atoms with Gasteiger partial charge in [0.1, 0.15) is 5.75 Å². The number of anilines is 1. The number of amides is 3. The maximum absolute atomic E-state index is 12.9. The van der Waals surface area contributed by atoms with Gasteiger partial charge in [-0.1, -0.05) is 6.08 Å². The minimum absolute atomic E-state index is 0.00968. The maximum atomic E-state index is 12.9. The van der Waals surface area contributed by atoms with E-state index in [4.69, 9.17) is 4.74 Å². The van der Waals surface area contributed by atoms with E-state index in [1.807, 2.05) is 4.90 Å². The van der Waals surface area contributed by atoms with Crippen molar-refractivity contribution in [3.8, 4) is 5.75 Å². The first-order chi connectivity index (χ1) is 11.7. The van der Waals surface area contributed by atoms with Crippen LogP contribution in [0.5, 0.6) is 5.75 Å². The predicted octanol–water partition coefficient (Wildman–Crippen LogP) is 2.77. The molecule has 1 fully saturated rings. The van der Waals surface area contributed by atoms with Gasteiger partial charge < -0.3 is 20.3 Å². The van der Waals surface area contributed by atoms with Gasteiger partial charge >= 0.3 is 6.03 Å². The molecule has 2 aliphatic rings. The number of carbonyl (C=O) groups is 2. The second-order valence-electron chi connectivity index (χ2n) is 6.12. The number of hydrogen-bond acceptors (Lipinski definition) is 3. The number of nitrogens with one attached hydrogen (secondary N) is 2. The number of hydrogen-bond donors (Lipinski definition) is 2. The van der Waals surface area contributed by atoms with Crippen molar-refractivity contribution < 1.29 is 14.3 Å². The molecule has 2 aliphatic heterocycles. The van der Waals surface area contributed by atoms with E-state index in [0.717, 1.165) is 32.2 Å². The lowest BCUT2D eigenvalue weighted by molar-refractivity contribution is 0.0548. The highest BCUT2D eigenvalue weighted by Crippen LogP contribution is 2.30. The molecule has 0 saturated carbocycles. The Labute approximate surface area is 141 Å². The van der Waals surface area contributed by atoms with Crippen LogP contribution in [0.4, 0.5) is 10.5 Å². The summed E-state index contributed by atoms with van der Waals surface area (Å²) < 4.78 is 5.78. The fourth-order valence-electron chi connectivity index (χ4n) is 3.27. The molecule has 0 bridgehead atoms. The van der Waals surface area contributed by atoms with Crippen LogP contribution in [0, 0.1) is 0 Å². The highest BCUT2D eigenvalue weighted by molar-refractivity contribution is 5.99. The Hall–Kier alpha value is -2.50. The molecule has 1 saturated heterocycles. The molecule has 128 valence electrons. The summed E-state index contributed by atoms with van der Waals surface area (Å²) in [7, 11) is 0. The van der Waals surface area contributed by atoms with Crippen LogP contribution in [0.15, 0.2) is 30.9 Å². The molecule has 2 heterocycles. The van der Waals surface area contributed by atoms with Crippen molar-refractivity contribution in [1.82, 2.24) is 10.2 Å². The highest BCUT2D eigenvalue weighted by atomic mass is 16.5.